The van der Waals surface area contributed by atoms with Gasteiger partial charge in [-0.25, -0.2) is 4.98 Å². The minimum absolute atomic E-state index is 0.167. The van der Waals surface area contributed by atoms with Crippen LogP contribution in [0.5, 0.6) is 0 Å². The first-order valence-corrected chi connectivity index (χ1v) is 11.3. The highest BCUT2D eigenvalue weighted by molar-refractivity contribution is 6.30. The smallest absolute Gasteiger partial charge is 0.252 e. The van der Waals surface area contributed by atoms with E-state index in [9.17, 15) is 4.79 Å². The molecular weight excluding hydrogens is 440 g/mol. The highest BCUT2D eigenvalue weighted by atomic mass is 35.5. The molecule has 1 amide bonds. The van der Waals surface area contributed by atoms with Gasteiger partial charge < -0.3 is 14.5 Å². The van der Waals surface area contributed by atoms with Crippen LogP contribution in [0.25, 0.3) is 22.5 Å². The number of benzene rings is 1. The molecule has 4 aromatic rings. The molecule has 1 N–H and O–H groups in total. The van der Waals surface area contributed by atoms with E-state index in [0.29, 0.717) is 47.4 Å². The van der Waals surface area contributed by atoms with Crippen molar-refractivity contribution in [3.8, 4) is 11.5 Å². The minimum atomic E-state index is -0.237. The monoisotopic (exact) mass is 464 g/mol. The Labute approximate surface area is 196 Å². The molecule has 4 heterocycles. The number of hydrogen-bond donors (Lipinski definition) is 1. The van der Waals surface area contributed by atoms with E-state index < -0.39 is 0 Å². The quantitative estimate of drug-likeness (QED) is 0.464. The van der Waals surface area contributed by atoms with Crippen LogP contribution in [-0.2, 0) is 17.2 Å². The van der Waals surface area contributed by atoms with E-state index in [-0.39, 0.29) is 11.3 Å². The summed E-state index contributed by atoms with van der Waals surface area (Å²) in [5.74, 6) is 0.434. The topological polar surface area (TPSA) is 82.2 Å². The van der Waals surface area contributed by atoms with Crippen LogP contribution in [0.3, 0.4) is 0 Å². The van der Waals surface area contributed by atoms with Crippen molar-refractivity contribution in [3.63, 3.8) is 0 Å². The van der Waals surface area contributed by atoms with Gasteiger partial charge in [-0.2, -0.15) is 5.10 Å². The Kier molecular flexibility index (Phi) is 5.68. The van der Waals surface area contributed by atoms with E-state index >= 15 is 0 Å². The Bertz CT molecular complexity index is 1310. The first-order valence-electron chi connectivity index (χ1n) is 11.0. The van der Waals surface area contributed by atoms with Crippen LogP contribution in [0.4, 0.5) is 0 Å². The predicted octanol–water partition coefficient (Wildman–Crippen LogP) is 4.67. The molecule has 1 saturated heterocycles. The van der Waals surface area contributed by atoms with Gasteiger partial charge in [0.25, 0.3) is 5.91 Å². The first kappa shape index (κ1) is 21.7. The first-order chi connectivity index (χ1) is 16.0. The summed E-state index contributed by atoms with van der Waals surface area (Å²) in [4.78, 5) is 18.3. The molecular formula is C25H25ClN4O3. The summed E-state index contributed by atoms with van der Waals surface area (Å²) < 4.78 is 12.9. The number of rotatable bonds is 5. The van der Waals surface area contributed by atoms with Gasteiger partial charge in [-0.05, 0) is 55.7 Å². The van der Waals surface area contributed by atoms with Crippen molar-refractivity contribution < 1.29 is 13.9 Å². The fourth-order valence-electron chi connectivity index (χ4n) is 4.67. The number of nitrogens with zero attached hydrogens (tertiary/aromatic N) is 3. The van der Waals surface area contributed by atoms with Crippen LogP contribution in [0.1, 0.15) is 34.5 Å². The normalized spacial score (nSPS) is 15.6. The van der Waals surface area contributed by atoms with E-state index in [1.165, 1.54) is 0 Å². The summed E-state index contributed by atoms with van der Waals surface area (Å²) in [7, 11) is 1.83. The van der Waals surface area contributed by atoms with E-state index in [1.54, 1.807) is 23.1 Å². The van der Waals surface area contributed by atoms with Crippen molar-refractivity contribution in [2.24, 2.45) is 7.05 Å². The number of aryl methyl sites for hydroxylation is 2. The lowest BCUT2D eigenvalue weighted by atomic mass is 9.74. The van der Waals surface area contributed by atoms with Gasteiger partial charge in [0, 0.05) is 37.2 Å². The van der Waals surface area contributed by atoms with Crippen LogP contribution in [0.15, 0.2) is 53.1 Å². The molecule has 1 aliphatic rings. The van der Waals surface area contributed by atoms with Gasteiger partial charge in [0.1, 0.15) is 5.69 Å². The van der Waals surface area contributed by atoms with E-state index in [4.69, 9.17) is 25.7 Å². The lowest BCUT2D eigenvalue weighted by Gasteiger charge is -2.38. The maximum absolute atomic E-state index is 13.6. The van der Waals surface area contributed by atoms with Gasteiger partial charge in [0.05, 0.1) is 22.9 Å². The summed E-state index contributed by atoms with van der Waals surface area (Å²) in [6.07, 6.45) is 3.21. The number of ether oxygens (including phenoxy) is 1. The number of aromatic nitrogens is 3. The van der Waals surface area contributed by atoms with Crippen LogP contribution in [0, 0.1) is 6.92 Å². The van der Waals surface area contributed by atoms with Gasteiger partial charge in [0.15, 0.2) is 11.4 Å². The fourth-order valence-corrected chi connectivity index (χ4v) is 4.86. The molecule has 3 aromatic heterocycles. The summed E-state index contributed by atoms with van der Waals surface area (Å²) >= 11 is 6.29. The standard InChI is InChI=1S/C25H25ClN4O3/c1-16-22-19(14-20(21-7-4-10-33-21)28-23(22)30(2)29-16)24(31)27-15-25(8-11-32-12-9-25)17-5-3-6-18(26)13-17/h3-7,10,13-14H,8-9,11-12,15H2,1-2H3,(H,27,31). The highest BCUT2D eigenvalue weighted by Gasteiger charge is 2.35. The predicted molar refractivity (Wildman–Crippen MR) is 126 cm³/mol. The number of carbonyl (C=O) groups excluding carboxylic acids is 1. The molecule has 0 bridgehead atoms. The average Bonchev–Trinajstić information content (AvgIpc) is 3.46. The van der Waals surface area contributed by atoms with Gasteiger partial charge in [-0.3, -0.25) is 9.48 Å². The zero-order chi connectivity index (χ0) is 23.0. The summed E-state index contributed by atoms with van der Waals surface area (Å²) in [6.45, 7) is 3.66. The highest BCUT2D eigenvalue weighted by Crippen LogP contribution is 2.36. The average molecular weight is 465 g/mol. The lowest BCUT2D eigenvalue weighted by molar-refractivity contribution is 0.0487. The summed E-state index contributed by atoms with van der Waals surface area (Å²) in [5.41, 5.74) is 3.40. The Balaban J connectivity index is 1.51. The molecule has 5 rings (SSSR count). The van der Waals surface area contributed by atoms with Crippen LogP contribution >= 0.6 is 11.6 Å². The number of fused-ring (bicyclic) bond motifs is 1. The fraction of sp³-hybridized carbons (Fsp3) is 0.320. The molecule has 170 valence electrons. The third-order valence-electron chi connectivity index (χ3n) is 6.46. The molecule has 1 aromatic carbocycles. The number of furan rings is 1. The van der Waals surface area contributed by atoms with Crippen LogP contribution in [0.2, 0.25) is 5.02 Å². The Hall–Kier alpha value is -3.16. The zero-order valence-corrected chi connectivity index (χ0v) is 19.4. The Morgan fingerprint density at radius 3 is 2.76 bits per heavy atom. The molecule has 1 fully saturated rings. The molecule has 7 nitrogen and oxygen atoms in total. The molecule has 0 spiro atoms. The summed E-state index contributed by atoms with van der Waals surface area (Å²) in [6, 6.07) is 13.3. The molecule has 8 heteroatoms. The molecule has 0 radical (unpaired) electrons. The van der Waals surface area contributed by atoms with E-state index in [2.05, 4.69) is 16.5 Å². The van der Waals surface area contributed by atoms with Crippen LogP contribution < -0.4 is 5.32 Å². The second-order valence-electron chi connectivity index (χ2n) is 8.53. The third kappa shape index (κ3) is 4.03. The zero-order valence-electron chi connectivity index (χ0n) is 18.6. The molecule has 0 unspecified atom stereocenters. The SMILES string of the molecule is Cc1nn(C)c2nc(-c3ccco3)cc(C(=O)NCC3(c4cccc(Cl)c4)CCOCC3)c12. The van der Waals surface area contributed by atoms with Crippen molar-refractivity contribution in [2.75, 3.05) is 19.8 Å². The molecule has 0 aliphatic carbocycles. The number of halogens is 1. The number of nitrogens with one attached hydrogen (secondary N) is 1. The molecule has 0 saturated carbocycles. The molecule has 1 aliphatic heterocycles. The van der Waals surface area contributed by atoms with Crippen molar-refractivity contribution in [1.29, 1.82) is 0 Å². The van der Waals surface area contributed by atoms with E-state index in [0.717, 1.165) is 29.5 Å². The largest absolute Gasteiger partial charge is 0.463 e. The molecule has 33 heavy (non-hydrogen) atoms. The number of amides is 1. The van der Waals surface area contributed by atoms with Gasteiger partial charge in [-0.1, -0.05) is 23.7 Å². The second kappa shape index (κ2) is 8.65. The van der Waals surface area contributed by atoms with Gasteiger partial charge in [-0.15, -0.1) is 0 Å². The van der Waals surface area contributed by atoms with Crippen molar-refractivity contribution in [3.05, 3.63) is 70.6 Å². The van der Waals surface area contributed by atoms with Crippen molar-refractivity contribution in [2.45, 2.75) is 25.2 Å². The van der Waals surface area contributed by atoms with Crippen molar-refractivity contribution in [1.82, 2.24) is 20.1 Å². The third-order valence-corrected chi connectivity index (χ3v) is 6.70. The van der Waals surface area contributed by atoms with E-state index in [1.807, 2.05) is 38.2 Å². The second-order valence-corrected chi connectivity index (χ2v) is 8.96. The Morgan fingerprint density at radius 2 is 2.03 bits per heavy atom. The lowest BCUT2D eigenvalue weighted by Crippen LogP contribution is -2.44. The Morgan fingerprint density at radius 1 is 1.21 bits per heavy atom. The molecule has 0 atom stereocenters. The summed E-state index contributed by atoms with van der Waals surface area (Å²) in [5, 5.41) is 9.12. The number of pyridine rings is 1. The number of carbonyl (C=O) groups is 1. The van der Waals surface area contributed by atoms with Gasteiger partial charge in [0.2, 0.25) is 0 Å². The number of hydrogen-bond acceptors (Lipinski definition) is 5. The minimum Gasteiger partial charge on any atom is -0.463 e. The maximum atomic E-state index is 13.6. The van der Waals surface area contributed by atoms with Crippen LogP contribution in [-0.4, -0.2) is 40.4 Å². The van der Waals surface area contributed by atoms with Gasteiger partial charge >= 0.3 is 0 Å². The maximum Gasteiger partial charge on any atom is 0.252 e. The van der Waals surface area contributed by atoms with Crippen molar-refractivity contribution >= 4 is 28.5 Å².